The average molecular weight is 622 g/mol. The number of hydrogen-bond acceptors (Lipinski definition) is 6. The Balaban J connectivity index is 1.86. The number of nitrogens with zero attached hydrogens (tertiary/aromatic N) is 1. The quantitative estimate of drug-likeness (QED) is 0.140. The summed E-state index contributed by atoms with van der Waals surface area (Å²) in [5.41, 5.74) is 0.978. The van der Waals surface area contributed by atoms with Crippen molar-refractivity contribution >= 4 is 17.9 Å². The molecule has 44 heavy (non-hydrogen) atoms. The van der Waals surface area contributed by atoms with E-state index in [9.17, 15) is 19.5 Å². The largest absolute Gasteiger partial charge is 0.480 e. The Bertz CT molecular complexity index is 993. The molecule has 0 spiro atoms. The molecule has 0 bridgehead atoms. The van der Waals surface area contributed by atoms with Gasteiger partial charge in [-0.15, -0.1) is 0 Å². The minimum atomic E-state index is -1.13. The number of nitrogens with one attached hydrogen (secondary N) is 2. The van der Waals surface area contributed by atoms with Gasteiger partial charge >= 0.3 is 12.0 Å². The summed E-state index contributed by atoms with van der Waals surface area (Å²) in [4.78, 5) is 38.3. The number of carbonyl (C=O) groups excluding carboxylic acids is 2. The Hall–Kier alpha value is -2.43. The summed E-state index contributed by atoms with van der Waals surface area (Å²) in [7, 11) is 1.77. The summed E-state index contributed by atoms with van der Waals surface area (Å²) < 4.78 is 18.1. The first kappa shape index (κ1) is 37.8. The molecule has 9 atom stereocenters. The number of urea groups is 1. The van der Waals surface area contributed by atoms with Crippen molar-refractivity contribution in [2.45, 2.75) is 130 Å². The smallest absolute Gasteiger partial charge is 0.326 e. The van der Waals surface area contributed by atoms with Crippen LogP contribution in [0.5, 0.6) is 0 Å². The molecular weight excluding hydrogens is 562 g/mol. The van der Waals surface area contributed by atoms with Gasteiger partial charge in [-0.3, -0.25) is 4.79 Å². The highest BCUT2D eigenvalue weighted by atomic mass is 16.6. The van der Waals surface area contributed by atoms with Gasteiger partial charge in [-0.2, -0.15) is 0 Å². The van der Waals surface area contributed by atoms with Gasteiger partial charge in [-0.25, -0.2) is 9.59 Å². The van der Waals surface area contributed by atoms with Gasteiger partial charge in [-0.1, -0.05) is 45.9 Å². The van der Waals surface area contributed by atoms with Crippen LogP contribution in [0.3, 0.4) is 0 Å². The van der Waals surface area contributed by atoms with E-state index in [1.54, 1.807) is 12.0 Å². The molecule has 0 aromatic heterocycles. The van der Waals surface area contributed by atoms with Crippen molar-refractivity contribution in [1.29, 1.82) is 0 Å². The Kier molecular flexibility index (Phi) is 15.4. The predicted molar refractivity (Wildman–Crippen MR) is 172 cm³/mol. The number of carboxylic acids is 1. The van der Waals surface area contributed by atoms with Crippen molar-refractivity contribution in [1.82, 2.24) is 15.5 Å². The van der Waals surface area contributed by atoms with Crippen molar-refractivity contribution in [3.63, 3.8) is 0 Å². The topological polar surface area (TPSA) is 130 Å². The van der Waals surface area contributed by atoms with E-state index in [-0.39, 0.29) is 61.3 Å². The lowest BCUT2D eigenvalue weighted by molar-refractivity contribution is -0.143. The molecule has 3 N–H and O–H groups in total. The lowest BCUT2D eigenvalue weighted by Crippen LogP contribution is -2.46. The number of hydrogen-bond donors (Lipinski definition) is 3. The van der Waals surface area contributed by atoms with Gasteiger partial charge < -0.3 is 34.9 Å². The minimum absolute atomic E-state index is 0.0963. The van der Waals surface area contributed by atoms with Gasteiger partial charge in [0.05, 0.1) is 36.4 Å². The average Bonchev–Trinajstić information content (AvgIpc) is 3.64. The Morgan fingerprint density at radius 1 is 1.16 bits per heavy atom. The predicted octanol–water partition coefficient (Wildman–Crippen LogP) is 5.32. The summed E-state index contributed by atoms with van der Waals surface area (Å²) in [5, 5.41) is 15.0. The first-order chi connectivity index (χ1) is 20.8. The highest BCUT2D eigenvalue weighted by molar-refractivity contribution is 5.83. The molecule has 2 saturated heterocycles. The molecule has 10 nitrogen and oxygen atoms in total. The zero-order chi connectivity index (χ0) is 33.0. The Morgan fingerprint density at radius 3 is 2.43 bits per heavy atom. The second kappa shape index (κ2) is 17.9. The molecule has 2 heterocycles. The second-order valence-corrected chi connectivity index (χ2v) is 13.0. The monoisotopic (exact) mass is 621 g/mol. The van der Waals surface area contributed by atoms with E-state index in [1.807, 2.05) is 13.8 Å². The molecule has 0 radical (unpaired) electrons. The van der Waals surface area contributed by atoms with Crippen molar-refractivity contribution in [2.24, 2.45) is 17.8 Å². The molecule has 2 rings (SSSR count). The lowest BCUT2D eigenvalue weighted by atomic mass is 9.86. The molecule has 3 amide bonds. The zero-order valence-corrected chi connectivity index (χ0v) is 28.6. The van der Waals surface area contributed by atoms with E-state index in [2.05, 4.69) is 70.4 Å². The normalized spacial score (nSPS) is 28.2. The molecule has 0 unspecified atom stereocenters. The number of carbonyl (C=O) groups is 3. The van der Waals surface area contributed by atoms with Crippen LogP contribution in [-0.4, -0.2) is 90.7 Å². The van der Waals surface area contributed by atoms with E-state index in [0.29, 0.717) is 30.8 Å². The highest BCUT2D eigenvalue weighted by Gasteiger charge is 2.56. The van der Waals surface area contributed by atoms with E-state index in [1.165, 1.54) is 0 Å². The maximum atomic E-state index is 12.8. The van der Waals surface area contributed by atoms with Crippen molar-refractivity contribution in [3.05, 3.63) is 23.8 Å². The first-order valence-corrected chi connectivity index (χ1v) is 16.6. The molecular formula is C34H59N3O7. The first-order valence-electron chi connectivity index (χ1n) is 16.6. The van der Waals surface area contributed by atoms with Gasteiger partial charge in [0.15, 0.2) is 0 Å². The lowest BCUT2D eigenvalue weighted by Gasteiger charge is -2.35. The SMILES string of the molecule is CC[C@H](OC)[C@@H](C)[C@H]1O[C@]1(C)C[C@H](C)/C=C/C=C(\C)[C@H]1O[C@@H](CC(=O)N[C@@H](CCNC(=O)N(CC)CC)C(=O)O)CC[C@@H]1C. The number of carboxylic acid groups (broad SMARTS) is 1. The van der Waals surface area contributed by atoms with Gasteiger partial charge in [-0.05, 0) is 77.2 Å². The molecule has 0 aromatic carbocycles. The fraction of sp³-hybridized carbons (Fsp3) is 0.794. The van der Waals surface area contributed by atoms with Crippen LogP contribution < -0.4 is 10.6 Å². The maximum absolute atomic E-state index is 12.8. The summed E-state index contributed by atoms with van der Waals surface area (Å²) in [6, 6.07) is -1.33. The third kappa shape index (κ3) is 11.2. The molecule has 2 aliphatic heterocycles. The van der Waals surface area contributed by atoms with Gasteiger partial charge in [0.1, 0.15) is 6.04 Å². The number of epoxide rings is 1. The van der Waals surface area contributed by atoms with Crippen LogP contribution in [0.1, 0.15) is 93.9 Å². The molecule has 252 valence electrons. The summed E-state index contributed by atoms with van der Waals surface area (Å²) in [5.74, 6) is -0.476. The maximum Gasteiger partial charge on any atom is 0.326 e. The summed E-state index contributed by atoms with van der Waals surface area (Å²) in [6.45, 7) is 18.0. The zero-order valence-electron chi connectivity index (χ0n) is 28.6. The van der Waals surface area contributed by atoms with Crippen LogP contribution in [0.25, 0.3) is 0 Å². The van der Waals surface area contributed by atoms with Crippen LogP contribution in [0, 0.1) is 17.8 Å². The van der Waals surface area contributed by atoms with Gasteiger partial charge in [0.25, 0.3) is 0 Å². The standard InChI is InChI=1S/C34H59N3O7/c1-10-28(42-9)25(7)31-34(8,44-31)21-22(4)14-13-15-23(5)30-24(6)16-17-26(43-30)20-29(38)36-27(32(39)40)18-19-35-33(41)37(11-2)12-3/h13-15,22,24-28,30-31H,10-12,16-21H2,1-9H3,(H,35,41)(H,36,38)(H,39,40)/b14-13+,23-15+/t22-,24+,25-,26-,27+,28+,30-,31-,34-/m1/s1. The van der Waals surface area contributed by atoms with E-state index in [0.717, 1.165) is 31.3 Å². The number of ether oxygens (including phenoxy) is 3. The third-order valence-corrected chi connectivity index (χ3v) is 9.29. The van der Waals surface area contributed by atoms with Crippen LogP contribution in [0.2, 0.25) is 0 Å². The van der Waals surface area contributed by atoms with Crippen molar-refractivity contribution < 1.29 is 33.7 Å². The van der Waals surface area contributed by atoms with E-state index in [4.69, 9.17) is 14.2 Å². The second-order valence-electron chi connectivity index (χ2n) is 13.0. The summed E-state index contributed by atoms with van der Waals surface area (Å²) in [6.07, 6.45) is 10.2. The number of allylic oxidation sites excluding steroid dienone is 3. The number of amides is 3. The Morgan fingerprint density at radius 2 is 1.84 bits per heavy atom. The van der Waals surface area contributed by atoms with Crippen LogP contribution in [-0.2, 0) is 23.8 Å². The highest BCUT2D eigenvalue weighted by Crippen LogP contribution is 2.47. The van der Waals surface area contributed by atoms with E-state index < -0.39 is 12.0 Å². The minimum Gasteiger partial charge on any atom is -0.480 e. The van der Waals surface area contributed by atoms with Gasteiger partial charge in [0.2, 0.25) is 5.91 Å². The van der Waals surface area contributed by atoms with Gasteiger partial charge in [0, 0.05) is 32.7 Å². The Labute approximate surface area is 265 Å². The van der Waals surface area contributed by atoms with Crippen LogP contribution in [0.4, 0.5) is 4.79 Å². The molecule has 2 fully saturated rings. The van der Waals surface area contributed by atoms with Crippen molar-refractivity contribution in [3.8, 4) is 0 Å². The number of rotatable bonds is 18. The molecule has 0 aromatic rings. The molecule has 2 aliphatic rings. The number of methoxy groups -OCH3 is 1. The van der Waals surface area contributed by atoms with Crippen molar-refractivity contribution in [2.75, 3.05) is 26.7 Å². The molecule has 0 aliphatic carbocycles. The van der Waals surface area contributed by atoms with Crippen LogP contribution >= 0.6 is 0 Å². The fourth-order valence-corrected chi connectivity index (χ4v) is 6.61. The number of aliphatic carboxylic acids is 1. The van der Waals surface area contributed by atoms with E-state index >= 15 is 0 Å². The fourth-order valence-electron chi connectivity index (χ4n) is 6.61. The van der Waals surface area contributed by atoms with Crippen LogP contribution in [0.15, 0.2) is 23.8 Å². The molecule has 0 saturated carbocycles. The molecule has 10 heteroatoms. The third-order valence-electron chi connectivity index (χ3n) is 9.29. The summed E-state index contributed by atoms with van der Waals surface area (Å²) >= 11 is 0.